The van der Waals surface area contributed by atoms with E-state index in [9.17, 15) is 4.79 Å². The SMILES string of the molecule is CCCc1oc(=O)c2c(Nc3ccccc3)cccc2c1CCC. The first-order valence-electron chi connectivity index (χ1n) is 8.64. The standard InChI is InChI=1S/C21H23NO2/c1-3-9-16-17-13-8-14-18(22-15-11-6-5-7-12-15)20(17)21(23)24-19(16)10-4-2/h5-8,11-14,22H,3-4,9-10H2,1-2H3. The maximum Gasteiger partial charge on any atom is 0.345 e. The Morgan fingerprint density at radius 1 is 0.917 bits per heavy atom. The van der Waals surface area contributed by atoms with Crippen molar-refractivity contribution in [1.29, 1.82) is 0 Å². The molecule has 3 heteroatoms. The Labute approximate surface area is 142 Å². The van der Waals surface area contributed by atoms with Crippen LogP contribution in [0.1, 0.15) is 38.0 Å². The second kappa shape index (κ2) is 7.35. The van der Waals surface area contributed by atoms with Crippen LogP contribution in [0.4, 0.5) is 11.4 Å². The number of para-hydroxylation sites is 1. The lowest BCUT2D eigenvalue weighted by atomic mass is 9.98. The molecule has 0 saturated heterocycles. The number of aryl methyl sites for hydroxylation is 2. The molecule has 1 N–H and O–H groups in total. The van der Waals surface area contributed by atoms with E-state index in [1.165, 1.54) is 5.56 Å². The van der Waals surface area contributed by atoms with E-state index in [1.807, 2.05) is 48.5 Å². The molecule has 1 heterocycles. The average Bonchev–Trinajstić information content (AvgIpc) is 2.59. The van der Waals surface area contributed by atoms with Crippen LogP contribution in [0.5, 0.6) is 0 Å². The summed E-state index contributed by atoms with van der Waals surface area (Å²) in [5.74, 6) is 0.841. The monoisotopic (exact) mass is 321 g/mol. The van der Waals surface area contributed by atoms with E-state index in [0.29, 0.717) is 5.39 Å². The van der Waals surface area contributed by atoms with Crippen molar-refractivity contribution in [3.63, 3.8) is 0 Å². The third-order valence-corrected chi connectivity index (χ3v) is 4.18. The van der Waals surface area contributed by atoms with Crippen LogP contribution in [-0.4, -0.2) is 0 Å². The lowest BCUT2D eigenvalue weighted by Gasteiger charge is -2.14. The minimum absolute atomic E-state index is 0.257. The topological polar surface area (TPSA) is 42.2 Å². The van der Waals surface area contributed by atoms with Crippen LogP contribution < -0.4 is 10.9 Å². The number of benzene rings is 2. The van der Waals surface area contributed by atoms with Crippen LogP contribution in [0, 0.1) is 0 Å². The summed E-state index contributed by atoms with van der Waals surface area (Å²) in [7, 11) is 0. The molecular formula is C21H23NO2. The molecule has 124 valence electrons. The van der Waals surface area contributed by atoms with Gasteiger partial charge in [0, 0.05) is 12.1 Å². The molecule has 1 aromatic heterocycles. The normalized spacial score (nSPS) is 10.9. The Hall–Kier alpha value is -2.55. The Kier molecular flexibility index (Phi) is 4.99. The molecule has 0 bridgehead atoms. The van der Waals surface area contributed by atoms with Gasteiger partial charge in [-0.3, -0.25) is 0 Å². The number of fused-ring (bicyclic) bond motifs is 1. The molecule has 3 aromatic rings. The van der Waals surface area contributed by atoms with Gasteiger partial charge in [0.05, 0.1) is 11.1 Å². The molecule has 0 aliphatic carbocycles. The summed E-state index contributed by atoms with van der Waals surface area (Å²) in [6.45, 7) is 4.26. The highest BCUT2D eigenvalue weighted by Gasteiger charge is 2.15. The van der Waals surface area contributed by atoms with Crippen molar-refractivity contribution in [1.82, 2.24) is 0 Å². The van der Waals surface area contributed by atoms with Crippen LogP contribution >= 0.6 is 0 Å². The molecule has 24 heavy (non-hydrogen) atoms. The first-order valence-corrected chi connectivity index (χ1v) is 8.64. The fourth-order valence-electron chi connectivity index (χ4n) is 3.13. The van der Waals surface area contributed by atoms with Crippen LogP contribution in [-0.2, 0) is 12.8 Å². The third-order valence-electron chi connectivity index (χ3n) is 4.18. The third kappa shape index (κ3) is 3.21. The van der Waals surface area contributed by atoms with E-state index in [1.54, 1.807) is 0 Å². The van der Waals surface area contributed by atoms with Gasteiger partial charge in [-0.2, -0.15) is 0 Å². The number of rotatable bonds is 6. The zero-order valence-electron chi connectivity index (χ0n) is 14.3. The van der Waals surface area contributed by atoms with E-state index in [2.05, 4.69) is 19.2 Å². The van der Waals surface area contributed by atoms with Gasteiger partial charge in [-0.15, -0.1) is 0 Å². The van der Waals surface area contributed by atoms with Crippen molar-refractivity contribution in [3.05, 3.63) is 70.3 Å². The molecular weight excluding hydrogens is 298 g/mol. The Morgan fingerprint density at radius 2 is 1.67 bits per heavy atom. The number of hydrogen-bond acceptors (Lipinski definition) is 3. The quantitative estimate of drug-likeness (QED) is 0.657. The van der Waals surface area contributed by atoms with Gasteiger partial charge in [0.25, 0.3) is 0 Å². The first-order chi connectivity index (χ1) is 11.7. The molecule has 3 nitrogen and oxygen atoms in total. The highest BCUT2D eigenvalue weighted by Crippen LogP contribution is 2.29. The molecule has 2 aromatic carbocycles. The predicted molar refractivity (Wildman–Crippen MR) is 100 cm³/mol. The second-order valence-electron chi connectivity index (χ2n) is 6.01. The van der Waals surface area contributed by atoms with Gasteiger partial charge in [0.2, 0.25) is 0 Å². The molecule has 0 spiro atoms. The van der Waals surface area contributed by atoms with Crippen LogP contribution in [0.3, 0.4) is 0 Å². The van der Waals surface area contributed by atoms with Crippen molar-refractivity contribution in [3.8, 4) is 0 Å². The summed E-state index contributed by atoms with van der Waals surface area (Å²) >= 11 is 0. The average molecular weight is 321 g/mol. The van der Waals surface area contributed by atoms with Crippen LogP contribution in [0.25, 0.3) is 10.8 Å². The van der Waals surface area contributed by atoms with Crippen molar-refractivity contribution in [2.24, 2.45) is 0 Å². The lowest BCUT2D eigenvalue weighted by Crippen LogP contribution is -2.09. The van der Waals surface area contributed by atoms with Crippen LogP contribution in [0.2, 0.25) is 0 Å². The minimum Gasteiger partial charge on any atom is -0.427 e. The largest absolute Gasteiger partial charge is 0.427 e. The van der Waals surface area contributed by atoms with Gasteiger partial charge >= 0.3 is 5.63 Å². The van der Waals surface area contributed by atoms with E-state index < -0.39 is 0 Å². The fourth-order valence-corrected chi connectivity index (χ4v) is 3.13. The minimum atomic E-state index is -0.257. The van der Waals surface area contributed by atoms with Crippen molar-refractivity contribution >= 4 is 22.1 Å². The summed E-state index contributed by atoms with van der Waals surface area (Å²) < 4.78 is 5.70. The molecule has 0 amide bonds. The second-order valence-corrected chi connectivity index (χ2v) is 6.01. The molecule has 0 unspecified atom stereocenters. The van der Waals surface area contributed by atoms with Gasteiger partial charge in [-0.1, -0.05) is 50.6 Å². The highest BCUT2D eigenvalue weighted by molar-refractivity contribution is 5.96. The molecule has 3 rings (SSSR count). The zero-order valence-corrected chi connectivity index (χ0v) is 14.3. The molecule has 0 radical (unpaired) electrons. The van der Waals surface area contributed by atoms with Gasteiger partial charge in [0.1, 0.15) is 5.76 Å². The summed E-state index contributed by atoms with van der Waals surface area (Å²) in [5, 5.41) is 5.00. The van der Waals surface area contributed by atoms with Crippen LogP contribution in [0.15, 0.2) is 57.7 Å². The van der Waals surface area contributed by atoms with E-state index in [-0.39, 0.29) is 5.63 Å². The first kappa shape index (κ1) is 16.3. The lowest BCUT2D eigenvalue weighted by molar-refractivity contribution is 0.457. The number of hydrogen-bond donors (Lipinski definition) is 1. The maximum absolute atomic E-state index is 12.6. The Bertz CT molecular complexity index is 881. The summed E-state index contributed by atoms with van der Waals surface area (Å²) in [6, 6.07) is 15.8. The molecule has 0 saturated carbocycles. The van der Waals surface area contributed by atoms with Crippen molar-refractivity contribution in [2.45, 2.75) is 39.5 Å². The molecule has 0 aliphatic heterocycles. The Balaban J connectivity index is 2.19. The highest BCUT2D eigenvalue weighted by atomic mass is 16.4. The number of nitrogens with one attached hydrogen (secondary N) is 1. The smallest absolute Gasteiger partial charge is 0.345 e. The molecule has 0 aliphatic rings. The van der Waals surface area contributed by atoms with Gasteiger partial charge in [-0.25, -0.2) is 4.79 Å². The van der Waals surface area contributed by atoms with Crippen molar-refractivity contribution in [2.75, 3.05) is 5.32 Å². The van der Waals surface area contributed by atoms with E-state index in [4.69, 9.17) is 4.42 Å². The summed E-state index contributed by atoms with van der Waals surface area (Å²) in [5.41, 5.74) is 2.67. The summed E-state index contributed by atoms with van der Waals surface area (Å²) in [4.78, 5) is 12.6. The van der Waals surface area contributed by atoms with Gasteiger partial charge in [0.15, 0.2) is 0 Å². The van der Waals surface area contributed by atoms with E-state index >= 15 is 0 Å². The van der Waals surface area contributed by atoms with Crippen molar-refractivity contribution < 1.29 is 4.42 Å². The zero-order chi connectivity index (χ0) is 16.9. The predicted octanol–water partition coefficient (Wildman–Crippen LogP) is 5.44. The van der Waals surface area contributed by atoms with Gasteiger partial charge in [-0.05, 0) is 42.0 Å². The summed E-state index contributed by atoms with van der Waals surface area (Å²) in [6.07, 6.45) is 3.71. The van der Waals surface area contributed by atoms with Gasteiger partial charge < -0.3 is 9.73 Å². The molecule has 0 fully saturated rings. The maximum atomic E-state index is 12.6. The van der Waals surface area contributed by atoms with E-state index in [0.717, 1.165) is 48.2 Å². The fraction of sp³-hybridized carbons (Fsp3) is 0.286. The number of anilines is 2. The molecule has 0 atom stereocenters. The Morgan fingerprint density at radius 3 is 2.38 bits per heavy atom.